The maximum atomic E-state index is 11.5. The molecule has 178 valence electrons. The summed E-state index contributed by atoms with van der Waals surface area (Å²) in [5.41, 5.74) is 0.698. The minimum atomic E-state index is -0.661. The summed E-state index contributed by atoms with van der Waals surface area (Å²) in [6.45, 7) is 7.61. The molecule has 3 atom stereocenters. The third-order valence-corrected chi connectivity index (χ3v) is 6.12. The van der Waals surface area contributed by atoms with Gasteiger partial charge in [0.15, 0.2) is 0 Å². The minimum absolute atomic E-state index is 0.190. The van der Waals surface area contributed by atoms with E-state index >= 15 is 0 Å². The number of aliphatic hydroxyl groups excluding tert-OH is 2. The van der Waals surface area contributed by atoms with E-state index in [1.165, 1.54) is 14.0 Å². The van der Waals surface area contributed by atoms with Crippen LogP contribution >= 0.6 is 0 Å². The van der Waals surface area contributed by atoms with Gasteiger partial charge in [-0.05, 0) is 36.7 Å². The molecule has 2 N–H and O–H groups in total. The normalized spacial score (nSPS) is 20.4. The van der Waals surface area contributed by atoms with E-state index in [9.17, 15) is 19.8 Å². The summed E-state index contributed by atoms with van der Waals surface area (Å²) in [5, 5.41) is 21.3. The SMILES string of the molecule is CCCCC(C)(C)[C@@H](O)/C=C/[C@@H]1C(CCCCCCC(=O)OC)=C(OC(C)=O)C[C@H]1O. The first-order chi connectivity index (χ1) is 14.6. The molecule has 0 unspecified atom stereocenters. The number of carbonyl (C=O) groups is 2. The number of carbonyl (C=O) groups excluding carboxylic acids is 2. The molecule has 0 aliphatic heterocycles. The van der Waals surface area contributed by atoms with Gasteiger partial charge in [-0.2, -0.15) is 0 Å². The van der Waals surface area contributed by atoms with E-state index < -0.39 is 12.2 Å². The minimum Gasteiger partial charge on any atom is -0.469 e. The Hall–Kier alpha value is -1.66. The number of hydrogen-bond acceptors (Lipinski definition) is 6. The van der Waals surface area contributed by atoms with Gasteiger partial charge in [0.2, 0.25) is 0 Å². The van der Waals surface area contributed by atoms with Crippen molar-refractivity contribution in [1.82, 2.24) is 0 Å². The van der Waals surface area contributed by atoms with Crippen molar-refractivity contribution >= 4 is 11.9 Å². The number of esters is 2. The molecular weight excluding hydrogens is 396 g/mol. The third kappa shape index (κ3) is 9.56. The molecule has 1 aliphatic carbocycles. The Labute approximate surface area is 187 Å². The summed E-state index contributed by atoms with van der Waals surface area (Å²) >= 11 is 0. The fourth-order valence-electron chi connectivity index (χ4n) is 4.00. The predicted octanol–water partition coefficient (Wildman–Crippen LogP) is 4.83. The van der Waals surface area contributed by atoms with Crippen molar-refractivity contribution < 1.29 is 29.3 Å². The zero-order valence-corrected chi connectivity index (χ0v) is 20.0. The van der Waals surface area contributed by atoms with Crippen molar-refractivity contribution in [2.45, 2.75) is 104 Å². The van der Waals surface area contributed by atoms with Gasteiger partial charge in [0.25, 0.3) is 0 Å². The molecule has 0 fully saturated rings. The van der Waals surface area contributed by atoms with Gasteiger partial charge in [0.05, 0.1) is 19.3 Å². The van der Waals surface area contributed by atoms with Gasteiger partial charge in [0, 0.05) is 25.7 Å². The van der Waals surface area contributed by atoms with Gasteiger partial charge in [-0.1, -0.05) is 58.6 Å². The lowest BCUT2D eigenvalue weighted by Gasteiger charge is -2.29. The lowest BCUT2D eigenvalue weighted by atomic mass is 9.80. The fraction of sp³-hybridized carbons (Fsp3) is 0.760. The molecule has 0 aromatic heterocycles. The standard InChI is InChI=1S/C25H42O6/c1-6-7-16-25(3,4)23(28)15-14-19-20(22(17-21(19)27)31-18(2)26)12-10-8-9-11-13-24(29)30-5/h14-15,19,21,23,27-28H,6-13,16-17H2,1-5H3/b15-14+/t19-,21-,23+/m1/s1. The summed E-state index contributed by atoms with van der Waals surface area (Å²) in [5.74, 6) is -0.280. The van der Waals surface area contributed by atoms with E-state index in [1.54, 1.807) is 6.08 Å². The number of hydrogen-bond donors (Lipinski definition) is 2. The van der Waals surface area contributed by atoms with Gasteiger partial charge in [-0.25, -0.2) is 0 Å². The number of rotatable bonds is 14. The Morgan fingerprint density at radius 3 is 2.48 bits per heavy atom. The molecule has 0 bridgehead atoms. The molecular formula is C25H42O6. The largest absolute Gasteiger partial charge is 0.469 e. The van der Waals surface area contributed by atoms with Crippen molar-refractivity contribution in [2.24, 2.45) is 11.3 Å². The van der Waals surface area contributed by atoms with Crippen LogP contribution in [0.1, 0.15) is 91.9 Å². The Balaban J connectivity index is 2.77. The molecule has 0 radical (unpaired) electrons. The van der Waals surface area contributed by atoms with E-state index in [0.29, 0.717) is 25.0 Å². The van der Waals surface area contributed by atoms with E-state index in [1.807, 2.05) is 6.08 Å². The van der Waals surface area contributed by atoms with Crippen molar-refractivity contribution in [2.75, 3.05) is 7.11 Å². The van der Waals surface area contributed by atoms with E-state index in [4.69, 9.17) is 4.74 Å². The Bertz CT molecular complexity index is 634. The van der Waals surface area contributed by atoms with Crippen LogP contribution in [0.5, 0.6) is 0 Å². The van der Waals surface area contributed by atoms with Crippen molar-refractivity contribution in [3.05, 3.63) is 23.5 Å². The summed E-state index contributed by atoms with van der Waals surface area (Å²) in [6.07, 6.45) is 10.4. The molecule has 1 rings (SSSR count). The van der Waals surface area contributed by atoms with Crippen LogP contribution < -0.4 is 0 Å². The van der Waals surface area contributed by atoms with Gasteiger partial charge in [0.1, 0.15) is 5.76 Å². The van der Waals surface area contributed by atoms with Crippen LogP contribution in [0.25, 0.3) is 0 Å². The predicted molar refractivity (Wildman–Crippen MR) is 121 cm³/mol. The first-order valence-electron chi connectivity index (χ1n) is 11.6. The molecule has 0 aromatic carbocycles. The second kappa shape index (κ2) is 13.7. The van der Waals surface area contributed by atoms with E-state index in [-0.39, 0.29) is 23.3 Å². The molecule has 0 amide bonds. The van der Waals surface area contributed by atoms with Crippen LogP contribution in [-0.4, -0.2) is 41.5 Å². The summed E-state index contributed by atoms with van der Waals surface area (Å²) < 4.78 is 10.1. The quantitative estimate of drug-likeness (QED) is 0.229. The first kappa shape index (κ1) is 27.4. The zero-order chi connectivity index (χ0) is 23.4. The maximum absolute atomic E-state index is 11.5. The highest BCUT2D eigenvalue weighted by Crippen LogP contribution is 2.38. The average Bonchev–Trinajstić information content (AvgIpc) is 3.00. The summed E-state index contributed by atoms with van der Waals surface area (Å²) in [7, 11) is 1.40. The molecule has 31 heavy (non-hydrogen) atoms. The molecule has 0 saturated carbocycles. The molecule has 0 saturated heterocycles. The molecule has 0 heterocycles. The highest BCUT2D eigenvalue weighted by molar-refractivity contribution is 5.69. The number of aliphatic hydroxyl groups is 2. The third-order valence-electron chi connectivity index (χ3n) is 6.12. The van der Waals surface area contributed by atoms with Crippen molar-refractivity contribution in [3.63, 3.8) is 0 Å². The van der Waals surface area contributed by atoms with E-state index in [2.05, 4.69) is 25.5 Å². The number of methoxy groups -OCH3 is 1. The first-order valence-corrected chi connectivity index (χ1v) is 11.6. The molecule has 0 spiro atoms. The lowest BCUT2D eigenvalue weighted by molar-refractivity contribution is -0.140. The maximum Gasteiger partial charge on any atom is 0.307 e. The Kier molecular flexibility index (Phi) is 12.1. The Morgan fingerprint density at radius 1 is 1.19 bits per heavy atom. The average molecular weight is 439 g/mol. The highest BCUT2D eigenvalue weighted by atomic mass is 16.5. The summed E-state index contributed by atoms with van der Waals surface area (Å²) in [4.78, 5) is 22.7. The van der Waals surface area contributed by atoms with Gasteiger partial charge >= 0.3 is 11.9 Å². The monoisotopic (exact) mass is 438 g/mol. The number of unbranched alkanes of at least 4 members (excludes halogenated alkanes) is 4. The smallest absolute Gasteiger partial charge is 0.307 e. The van der Waals surface area contributed by atoms with Gasteiger partial charge in [-0.15, -0.1) is 0 Å². The Morgan fingerprint density at radius 2 is 1.87 bits per heavy atom. The van der Waals surface area contributed by atoms with Crippen LogP contribution in [0.15, 0.2) is 23.5 Å². The number of ether oxygens (including phenoxy) is 2. The van der Waals surface area contributed by atoms with Crippen LogP contribution in [0.2, 0.25) is 0 Å². The van der Waals surface area contributed by atoms with Crippen LogP contribution in [0.3, 0.4) is 0 Å². The highest BCUT2D eigenvalue weighted by Gasteiger charge is 2.34. The molecule has 6 nitrogen and oxygen atoms in total. The van der Waals surface area contributed by atoms with E-state index in [0.717, 1.165) is 50.5 Å². The zero-order valence-electron chi connectivity index (χ0n) is 20.0. The van der Waals surface area contributed by atoms with Crippen LogP contribution in [0, 0.1) is 11.3 Å². The lowest BCUT2D eigenvalue weighted by Crippen LogP contribution is -2.28. The second-order valence-electron chi connectivity index (χ2n) is 9.25. The molecule has 1 aliphatic rings. The molecule has 0 aromatic rings. The van der Waals surface area contributed by atoms with Gasteiger partial charge < -0.3 is 19.7 Å². The second-order valence-corrected chi connectivity index (χ2v) is 9.25. The van der Waals surface area contributed by atoms with Crippen LogP contribution in [-0.2, 0) is 19.1 Å². The van der Waals surface area contributed by atoms with Crippen LogP contribution in [0.4, 0.5) is 0 Å². The van der Waals surface area contributed by atoms with Crippen molar-refractivity contribution in [3.8, 4) is 0 Å². The summed E-state index contributed by atoms with van der Waals surface area (Å²) in [6, 6.07) is 0. The molecule has 6 heteroatoms. The van der Waals surface area contributed by atoms with Crippen molar-refractivity contribution in [1.29, 1.82) is 0 Å². The van der Waals surface area contributed by atoms with Gasteiger partial charge in [-0.3, -0.25) is 9.59 Å². The fourth-order valence-corrected chi connectivity index (χ4v) is 4.00. The topological polar surface area (TPSA) is 93.1 Å².